The normalized spacial score (nSPS) is 13.1. The molecule has 5 nitrogen and oxygen atoms in total. The molecule has 0 saturated heterocycles. The summed E-state index contributed by atoms with van der Waals surface area (Å²) in [4.78, 5) is 24.2. The number of nitrogens with two attached hydrogens (primary N) is 2. The molecule has 0 radical (unpaired) electrons. The zero-order chi connectivity index (χ0) is 15.9. The Morgan fingerprint density at radius 3 is 1.85 bits per heavy atom. The molecule has 20 heavy (non-hydrogen) atoms. The van der Waals surface area contributed by atoms with Crippen LogP contribution >= 0.6 is 12.2 Å². The summed E-state index contributed by atoms with van der Waals surface area (Å²) in [7, 11) is 0. The summed E-state index contributed by atoms with van der Waals surface area (Å²) in [5, 5.41) is 2.73. The van der Waals surface area contributed by atoms with E-state index in [4.69, 9.17) is 23.7 Å². The minimum Gasteiger partial charge on any atom is -0.392 e. The highest BCUT2D eigenvalue weighted by Gasteiger charge is 2.41. The second-order valence-electron chi connectivity index (χ2n) is 5.54. The summed E-state index contributed by atoms with van der Waals surface area (Å²) in [6.45, 7) is 7.61. The van der Waals surface area contributed by atoms with Gasteiger partial charge in [-0.15, -0.1) is 0 Å². The second kappa shape index (κ2) is 8.19. The van der Waals surface area contributed by atoms with Crippen LogP contribution in [0.3, 0.4) is 0 Å². The SMILES string of the molecule is CCCC(CCC)(C(=O)NC(C(N)=O)C(C)C)C(N)=S. The predicted molar refractivity (Wildman–Crippen MR) is 85.0 cm³/mol. The van der Waals surface area contributed by atoms with Crippen LogP contribution < -0.4 is 16.8 Å². The summed E-state index contributed by atoms with van der Waals surface area (Å²) in [6.07, 6.45) is 2.72. The maximum Gasteiger partial charge on any atom is 0.240 e. The largest absolute Gasteiger partial charge is 0.392 e. The molecule has 0 aliphatic carbocycles. The van der Waals surface area contributed by atoms with Gasteiger partial charge in [-0.2, -0.15) is 0 Å². The molecule has 5 N–H and O–H groups in total. The van der Waals surface area contributed by atoms with Crippen molar-refractivity contribution in [2.24, 2.45) is 22.8 Å². The van der Waals surface area contributed by atoms with Gasteiger partial charge < -0.3 is 16.8 Å². The third-order valence-corrected chi connectivity index (χ3v) is 3.91. The third-order valence-electron chi connectivity index (χ3n) is 3.52. The fourth-order valence-corrected chi connectivity index (χ4v) is 2.71. The summed E-state index contributed by atoms with van der Waals surface area (Å²) in [6, 6.07) is -0.704. The Kier molecular flexibility index (Phi) is 7.71. The highest BCUT2D eigenvalue weighted by molar-refractivity contribution is 7.80. The third kappa shape index (κ3) is 4.44. The molecule has 0 bridgehead atoms. The molecule has 1 atom stereocenters. The van der Waals surface area contributed by atoms with Crippen molar-refractivity contribution in [3.63, 3.8) is 0 Å². The van der Waals surface area contributed by atoms with Gasteiger partial charge in [0.25, 0.3) is 0 Å². The van der Waals surface area contributed by atoms with E-state index in [-0.39, 0.29) is 16.8 Å². The van der Waals surface area contributed by atoms with E-state index in [1.165, 1.54) is 0 Å². The van der Waals surface area contributed by atoms with Crippen molar-refractivity contribution in [3.8, 4) is 0 Å². The standard InChI is InChI=1S/C14H27N3O2S/c1-5-7-14(8-6-2,12(16)20)13(19)17-10(9(3)4)11(15)18/h9-10H,5-8H2,1-4H3,(H2,15,18)(H2,16,20)(H,17,19). The van der Waals surface area contributed by atoms with Gasteiger partial charge >= 0.3 is 0 Å². The lowest BCUT2D eigenvalue weighted by Crippen LogP contribution is -2.56. The maximum absolute atomic E-state index is 12.6. The van der Waals surface area contributed by atoms with Crippen molar-refractivity contribution in [2.45, 2.75) is 59.4 Å². The smallest absolute Gasteiger partial charge is 0.240 e. The van der Waals surface area contributed by atoms with Gasteiger partial charge in [-0.05, 0) is 18.8 Å². The minimum atomic E-state index is -0.887. The van der Waals surface area contributed by atoms with E-state index in [2.05, 4.69) is 5.32 Å². The molecule has 0 aliphatic rings. The molecule has 6 heteroatoms. The Morgan fingerprint density at radius 1 is 1.15 bits per heavy atom. The van der Waals surface area contributed by atoms with Crippen LogP contribution in [0.4, 0.5) is 0 Å². The fourth-order valence-electron chi connectivity index (χ4n) is 2.41. The first kappa shape index (κ1) is 18.8. The second-order valence-corrected chi connectivity index (χ2v) is 5.98. The molecular formula is C14H27N3O2S. The molecule has 0 aromatic heterocycles. The van der Waals surface area contributed by atoms with Crippen LogP contribution in [0.1, 0.15) is 53.4 Å². The number of hydrogen-bond acceptors (Lipinski definition) is 3. The molecule has 0 heterocycles. The number of carbonyl (C=O) groups excluding carboxylic acids is 2. The Bertz CT molecular complexity index is 363. The van der Waals surface area contributed by atoms with Crippen LogP contribution in [0, 0.1) is 11.3 Å². The first-order chi connectivity index (χ1) is 9.22. The molecule has 0 saturated carbocycles. The molecule has 0 aliphatic heterocycles. The first-order valence-electron chi connectivity index (χ1n) is 7.13. The molecule has 0 fully saturated rings. The van der Waals surface area contributed by atoms with Crippen LogP contribution in [0.25, 0.3) is 0 Å². The van der Waals surface area contributed by atoms with Crippen molar-refractivity contribution in [3.05, 3.63) is 0 Å². The van der Waals surface area contributed by atoms with Crippen molar-refractivity contribution >= 4 is 29.0 Å². The zero-order valence-corrected chi connectivity index (χ0v) is 13.7. The summed E-state index contributed by atoms with van der Waals surface area (Å²) < 4.78 is 0. The molecule has 1 unspecified atom stereocenters. The van der Waals surface area contributed by atoms with E-state index in [1.807, 2.05) is 27.7 Å². The van der Waals surface area contributed by atoms with Gasteiger partial charge in [-0.3, -0.25) is 9.59 Å². The van der Waals surface area contributed by atoms with E-state index in [9.17, 15) is 9.59 Å². The van der Waals surface area contributed by atoms with E-state index in [0.29, 0.717) is 12.8 Å². The first-order valence-corrected chi connectivity index (χ1v) is 7.53. The van der Waals surface area contributed by atoms with Crippen molar-refractivity contribution in [1.82, 2.24) is 5.32 Å². The Morgan fingerprint density at radius 2 is 1.60 bits per heavy atom. The van der Waals surface area contributed by atoms with Gasteiger partial charge in [0.05, 0.1) is 10.4 Å². The minimum absolute atomic E-state index is 0.0799. The van der Waals surface area contributed by atoms with Crippen LogP contribution in [-0.4, -0.2) is 22.8 Å². The van der Waals surface area contributed by atoms with Gasteiger partial charge in [0.2, 0.25) is 11.8 Å². The fraction of sp³-hybridized carbons (Fsp3) is 0.786. The van der Waals surface area contributed by atoms with Crippen molar-refractivity contribution < 1.29 is 9.59 Å². The maximum atomic E-state index is 12.6. The molecule has 0 aromatic rings. The van der Waals surface area contributed by atoms with E-state index in [1.54, 1.807) is 0 Å². The summed E-state index contributed by atoms with van der Waals surface area (Å²) >= 11 is 5.12. The van der Waals surface area contributed by atoms with Gasteiger partial charge in [0, 0.05) is 0 Å². The Hall–Kier alpha value is -1.17. The van der Waals surface area contributed by atoms with Gasteiger partial charge in [0.15, 0.2) is 0 Å². The monoisotopic (exact) mass is 301 g/mol. The summed E-state index contributed by atoms with van der Waals surface area (Å²) in [5.41, 5.74) is 10.3. The van der Waals surface area contributed by atoms with Crippen molar-refractivity contribution in [1.29, 1.82) is 0 Å². The van der Waals surface area contributed by atoms with Crippen LogP contribution in [-0.2, 0) is 9.59 Å². The van der Waals surface area contributed by atoms with Gasteiger partial charge in [0.1, 0.15) is 6.04 Å². The average molecular weight is 301 g/mol. The molecule has 0 rings (SSSR count). The number of nitrogens with one attached hydrogen (secondary N) is 1. The van der Waals surface area contributed by atoms with Crippen LogP contribution in [0.15, 0.2) is 0 Å². The number of rotatable bonds is 9. The zero-order valence-electron chi connectivity index (χ0n) is 12.9. The van der Waals surface area contributed by atoms with E-state index >= 15 is 0 Å². The number of carbonyl (C=O) groups is 2. The quantitative estimate of drug-likeness (QED) is 0.562. The molecule has 116 valence electrons. The lowest BCUT2D eigenvalue weighted by Gasteiger charge is -2.33. The average Bonchev–Trinajstić information content (AvgIpc) is 2.33. The Balaban J connectivity index is 5.32. The van der Waals surface area contributed by atoms with Gasteiger partial charge in [-0.1, -0.05) is 52.8 Å². The van der Waals surface area contributed by atoms with Crippen LogP contribution in [0.5, 0.6) is 0 Å². The van der Waals surface area contributed by atoms with Crippen molar-refractivity contribution in [2.75, 3.05) is 0 Å². The molecule has 0 spiro atoms. The van der Waals surface area contributed by atoms with Gasteiger partial charge in [-0.25, -0.2) is 0 Å². The summed E-state index contributed by atoms with van der Waals surface area (Å²) in [5.74, 6) is -0.909. The lowest BCUT2D eigenvalue weighted by atomic mass is 9.77. The highest BCUT2D eigenvalue weighted by Crippen LogP contribution is 2.31. The lowest BCUT2D eigenvalue weighted by molar-refractivity contribution is -0.133. The topological polar surface area (TPSA) is 98.2 Å². The highest BCUT2D eigenvalue weighted by atomic mass is 32.1. The van der Waals surface area contributed by atoms with E-state index in [0.717, 1.165) is 12.8 Å². The number of thiocarbonyl (C=S) groups is 1. The number of primary amides is 1. The number of amides is 2. The molecule has 2 amide bonds. The number of hydrogen-bond donors (Lipinski definition) is 3. The van der Waals surface area contributed by atoms with E-state index < -0.39 is 17.4 Å². The molecule has 0 aromatic carbocycles. The predicted octanol–water partition coefficient (Wildman–Crippen LogP) is 1.49. The molecular weight excluding hydrogens is 274 g/mol. The Labute approximate surface area is 126 Å². The van der Waals surface area contributed by atoms with Crippen LogP contribution in [0.2, 0.25) is 0 Å².